The fraction of sp³-hybridized carbons (Fsp3) is 0.333. The highest BCUT2D eigenvalue weighted by molar-refractivity contribution is 9.10. The molecule has 17 heavy (non-hydrogen) atoms. The Hall–Kier alpha value is -0.520. The molecule has 0 fully saturated rings. The van der Waals surface area contributed by atoms with Crippen LogP contribution in [0.3, 0.4) is 0 Å². The van der Waals surface area contributed by atoms with Gasteiger partial charge in [0.25, 0.3) is 0 Å². The van der Waals surface area contributed by atoms with E-state index in [-0.39, 0.29) is 0 Å². The quantitative estimate of drug-likeness (QED) is 0.817. The minimum absolute atomic E-state index is 0.603. The zero-order chi connectivity index (χ0) is 12.4. The Morgan fingerprint density at radius 1 is 1.47 bits per heavy atom. The van der Waals surface area contributed by atoms with Gasteiger partial charge in [-0.1, -0.05) is 26.1 Å². The predicted molar refractivity (Wildman–Crippen MR) is 79.0 cm³/mol. The summed E-state index contributed by atoms with van der Waals surface area (Å²) in [7, 11) is 0. The zero-order valence-electron chi connectivity index (χ0n) is 9.66. The molecule has 2 heterocycles. The van der Waals surface area contributed by atoms with Crippen molar-refractivity contribution in [3.8, 4) is 10.7 Å². The molecule has 0 aliphatic carbocycles. The molecule has 2 rings (SSSR count). The molecule has 0 atom stereocenters. The van der Waals surface area contributed by atoms with Gasteiger partial charge < -0.3 is 4.98 Å². The molecule has 0 spiro atoms. The molecule has 0 aromatic carbocycles. The molecule has 0 aliphatic rings. The largest absolute Gasteiger partial charge is 0.342 e. The summed E-state index contributed by atoms with van der Waals surface area (Å²) in [5.74, 6) is 1.47. The maximum Gasteiger partial charge on any atom is 0.149 e. The summed E-state index contributed by atoms with van der Waals surface area (Å²) in [6.07, 6.45) is 0.992. The van der Waals surface area contributed by atoms with Crippen molar-refractivity contribution >= 4 is 39.5 Å². The van der Waals surface area contributed by atoms with Gasteiger partial charge in [0.15, 0.2) is 0 Å². The first-order valence-corrected chi connectivity index (χ1v) is 7.47. The van der Waals surface area contributed by atoms with E-state index >= 15 is 0 Å². The van der Waals surface area contributed by atoms with Crippen molar-refractivity contribution in [1.29, 1.82) is 0 Å². The second-order valence-electron chi connectivity index (χ2n) is 4.32. The Morgan fingerprint density at radius 2 is 2.24 bits per heavy atom. The topological polar surface area (TPSA) is 28.7 Å². The van der Waals surface area contributed by atoms with E-state index in [1.165, 1.54) is 0 Å². The number of thiophene rings is 1. The van der Waals surface area contributed by atoms with Gasteiger partial charge in [0.1, 0.15) is 10.5 Å². The van der Waals surface area contributed by atoms with E-state index in [2.05, 4.69) is 45.8 Å². The van der Waals surface area contributed by atoms with E-state index in [4.69, 9.17) is 12.2 Å². The summed E-state index contributed by atoms with van der Waals surface area (Å²) >= 11 is 10.3. The van der Waals surface area contributed by atoms with Crippen LogP contribution < -0.4 is 0 Å². The Kier molecular flexibility index (Phi) is 4.12. The lowest BCUT2D eigenvalue weighted by Gasteiger charge is -2.06. The van der Waals surface area contributed by atoms with Crippen LogP contribution in [0.15, 0.2) is 22.0 Å². The van der Waals surface area contributed by atoms with Gasteiger partial charge in [0, 0.05) is 15.5 Å². The molecule has 0 radical (unpaired) electrons. The van der Waals surface area contributed by atoms with E-state index in [1.54, 1.807) is 11.3 Å². The van der Waals surface area contributed by atoms with Crippen molar-refractivity contribution in [2.45, 2.75) is 20.3 Å². The van der Waals surface area contributed by atoms with Crippen LogP contribution in [0.5, 0.6) is 0 Å². The number of hydrogen-bond acceptors (Lipinski definition) is 3. The maximum absolute atomic E-state index is 5.21. The molecule has 1 N–H and O–H groups in total. The SMILES string of the molecule is CC(C)Cc1cc(=S)nc(-c2cc(Br)cs2)[nH]1. The first-order chi connectivity index (χ1) is 8.04. The van der Waals surface area contributed by atoms with Crippen LogP contribution in [0.1, 0.15) is 19.5 Å². The molecule has 2 nitrogen and oxygen atoms in total. The third kappa shape index (κ3) is 3.47. The molecular formula is C12H13BrN2S2. The molecule has 5 heteroatoms. The number of H-pyrrole nitrogens is 1. The van der Waals surface area contributed by atoms with E-state index in [9.17, 15) is 0 Å². The lowest BCUT2D eigenvalue weighted by Crippen LogP contribution is -2.00. The molecule has 0 unspecified atom stereocenters. The maximum atomic E-state index is 5.21. The third-order valence-electron chi connectivity index (χ3n) is 2.23. The average molecular weight is 329 g/mol. The van der Waals surface area contributed by atoms with Crippen molar-refractivity contribution in [2.75, 3.05) is 0 Å². The number of aromatic nitrogens is 2. The lowest BCUT2D eigenvalue weighted by molar-refractivity contribution is 0.634. The number of aromatic amines is 1. The van der Waals surface area contributed by atoms with Crippen LogP contribution in [0.25, 0.3) is 10.7 Å². The van der Waals surface area contributed by atoms with Crippen molar-refractivity contribution in [3.05, 3.63) is 32.3 Å². The summed E-state index contributed by atoms with van der Waals surface area (Å²) in [5.41, 5.74) is 1.15. The lowest BCUT2D eigenvalue weighted by atomic mass is 10.1. The predicted octanol–water partition coefficient (Wildman–Crippen LogP) is 4.83. The number of rotatable bonds is 3. The smallest absolute Gasteiger partial charge is 0.149 e. The first kappa shape index (κ1) is 12.9. The van der Waals surface area contributed by atoms with E-state index < -0.39 is 0 Å². The van der Waals surface area contributed by atoms with Gasteiger partial charge in [-0.2, -0.15) is 0 Å². The van der Waals surface area contributed by atoms with Gasteiger partial charge in [0.05, 0.1) is 4.88 Å². The number of halogens is 1. The van der Waals surface area contributed by atoms with Crippen LogP contribution in [-0.2, 0) is 6.42 Å². The van der Waals surface area contributed by atoms with Gasteiger partial charge in [-0.05, 0) is 40.4 Å². The standard InChI is InChI=1S/C12H13BrN2S2/c1-7(2)3-9-5-11(16)15-12(14-9)10-4-8(13)6-17-10/h4-7H,3H2,1-2H3,(H,14,15,16). The highest BCUT2D eigenvalue weighted by atomic mass is 79.9. The van der Waals surface area contributed by atoms with Crippen molar-refractivity contribution in [3.63, 3.8) is 0 Å². The molecule has 0 aliphatic heterocycles. The molecule has 90 valence electrons. The molecule has 0 saturated heterocycles. The van der Waals surface area contributed by atoms with E-state index in [0.29, 0.717) is 10.6 Å². The minimum Gasteiger partial charge on any atom is -0.342 e. The highest BCUT2D eigenvalue weighted by Crippen LogP contribution is 2.27. The fourth-order valence-corrected chi connectivity index (χ4v) is 3.22. The summed E-state index contributed by atoms with van der Waals surface area (Å²) in [6.45, 7) is 4.39. The van der Waals surface area contributed by atoms with Gasteiger partial charge in [0.2, 0.25) is 0 Å². The highest BCUT2D eigenvalue weighted by Gasteiger charge is 2.06. The van der Waals surface area contributed by atoms with Gasteiger partial charge in [-0.15, -0.1) is 11.3 Å². The normalized spacial score (nSPS) is 11.1. The fourth-order valence-electron chi connectivity index (χ4n) is 1.61. The van der Waals surface area contributed by atoms with E-state index in [1.807, 2.05) is 11.4 Å². The third-order valence-corrected chi connectivity index (χ3v) is 4.13. The first-order valence-electron chi connectivity index (χ1n) is 5.39. The molecule has 2 aromatic heterocycles. The van der Waals surface area contributed by atoms with E-state index in [0.717, 1.165) is 27.3 Å². The Morgan fingerprint density at radius 3 is 2.82 bits per heavy atom. The Labute approximate surface area is 118 Å². The number of nitrogens with zero attached hydrogens (tertiary/aromatic N) is 1. The van der Waals surface area contributed by atoms with Crippen LogP contribution >= 0.6 is 39.5 Å². The average Bonchev–Trinajstić information content (AvgIpc) is 2.62. The number of nitrogens with one attached hydrogen (secondary N) is 1. The molecule has 0 bridgehead atoms. The van der Waals surface area contributed by atoms with Crippen molar-refractivity contribution in [2.24, 2.45) is 5.92 Å². The summed E-state index contributed by atoms with van der Waals surface area (Å²) in [4.78, 5) is 8.84. The molecular weight excluding hydrogens is 316 g/mol. The summed E-state index contributed by atoms with van der Waals surface area (Å²) in [5, 5.41) is 2.04. The van der Waals surface area contributed by atoms with Crippen molar-refractivity contribution < 1.29 is 0 Å². The second-order valence-corrected chi connectivity index (χ2v) is 6.57. The van der Waals surface area contributed by atoms with Crippen LogP contribution in [-0.4, -0.2) is 9.97 Å². The minimum atomic E-state index is 0.603. The zero-order valence-corrected chi connectivity index (χ0v) is 12.9. The van der Waals surface area contributed by atoms with Crippen LogP contribution in [0, 0.1) is 10.6 Å². The van der Waals surface area contributed by atoms with Gasteiger partial charge >= 0.3 is 0 Å². The van der Waals surface area contributed by atoms with Gasteiger partial charge in [-0.3, -0.25) is 0 Å². The van der Waals surface area contributed by atoms with Crippen molar-refractivity contribution in [1.82, 2.24) is 9.97 Å². The number of hydrogen-bond donors (Lipinski definition) is 1. The molecule has 0 saturated carbocycles. The molecule has 0 amide bonds. The second kappa shape index (κ2) is 5.42. The summed E-state index contributed by atoms with van der Waals surface area (Å²) < 4.78 is 1.73. The van der Waals surface area contributed by atoms with Gasteiger partial charge in [-0.25, -0.2) is 4.98 Å². The summed E-state index contributed by atoms with van der Waals surface area (Å²) in [6, 6.07) is 4.00. The Bertz CT molecular complexity index is 572. The monoisotopic (exact) mass is 328 g/mol. The molecule has 2 aromatic rings. The van der Waals surface area contributed by atoms with Crippen LogP contribution in [0.4, 0.5) is 0 Å². The Balaban J connectivity index is 2.41. The van der Waals surface area contributed by atoms with Crippen LogP contribution in [0.2, 0.25) is 0 Å².